The number of aromatic nitrogens is 4. The Morgan fingerprint density at radius 3 is 2.86 bits per heavy atom. The Bertz CT molecular complexity index is 713. The van der Waals surface area contributed by atoms with Gasteiger partial charge in [0, 0.05) is 38.3 Å². The number of carbonyl (C=O) groups excluding carboxylic acids is 1. The van der Waals surface area contributed by atoms with Gasteiger partial charge in [-0.25, -0.2) is 10.1 Å². The minimum Gasteiger partial charge on any atom is -0.337 e. The lowest BCUT2D eigenvalue weighted by atomic mass is 10.1. The highest BCUT2D eigenvalue weighted by Gasteiger charge is 2.30. The molecule has 0 aromatic carbocycles. The topological polar surface area (TPSA) is 83.9 Å². The van der Waals surface area contributed by atoms with Crippen molar-refractivity contribution in [3.8, 4) is 0 Å². The standard InChI is InChI=1S/C14H17N5O2/c1-9-7-18(2)13(15-9)10-5-6-19(8-10)14(21)11-3-4-12(20)17-16-11/h3-4,7,10H,5-6,8H2,1-2H3,(H,17,20)/t10-/m0/s1. The molecule has 0 spiro atoms. The van der Waals surface area contributed by atoms with Gasteiger partial charge in [0.25, 0.3) is 11.5 Å². The highest BCUT2D eigenvalue weighted by molar-refractivity contribution is 5.92. The highest BCUT2D eigenvalue weighted by atomic mass is 16.2. The molecule has 1 aliphatic heterocycles. The zero-order valence-electron chi connectivity index (χ0n) is 12.0. The number of H-pyrrole nitrogens is 1. The Balaban J connectivity index is 1.75. The maximum absolute atomic E-state index is 12.3. The average molecular weight is 287 g/mol. The fourth-order valence-corrected chi connectivity index (χ4v) is 2.80. The maximum Gasteiger partial charge on any atom is 0.274 e. The highest BCUT2D eigenvalue weighted by Crippen LogP contribution is 2.27. The molecule has 1 N–H and O–H groups in total. The lowest BCUT2D eigenvalue weighted by molar-refractivity contribution is 0.0783. The van der Waals surface area contributed by atoms with Crippen molar-refractivity contribution in [2.45, 2.75) is 19.3 Å². The molecule has 1 atom stereocenters. The molecule has 2 aromatic rings. The number of nitrogens with zero attached hydrogens (tertiary/aromatic N) is 4. The van der Waals surface area contributed by atoms with Gasteiger partial charge in [-0.2, -0.15) is 5.10 Å². The number of hydrogen-bond acceptors (Lipinski definition) is 4. The molecular formula is C14H17N5O2. The second-order valence-electron chi connectivity index (χ2n) is 5.39. The van der Waals surface area contributed by atoms with E-state index in [0.29, 0.717) is 13.1 Å². The second-order valence-corrected chi connectivity index (χ2v) is 5.39. The van der Waals surface area contributed by atoms with Gasteiger partial charge in [0.15, 0.2) is 0 Å². The van der Waals surface area contributed by atoms with Gasteiger partial charge < -0.3 is 9.47 Å². The first-order valence-electron chi connectivity index (χ1n) is 6.89. The third kappa shape index (κ3) is 2.58. The van der Waals surface area contributed by atoms with Crippen molar-refractivity contribution in [1.82, 2.24) is 24.6 Å². The summed E-state index contributed by atoms with van der Waals surface area (Å²) < 4.78 is 2.02. The van der Waals surface area contributed by atoms with E-state index in [1.165, 1.54) is 12.1 Å². The SMILES string of the molecule is Cc1cn(C)c([C@H]2CCN(C(=O)c3ccc(=O)[nH]n3)C2)n1. The van der Waals surface area contributed by atoms with E-state index in [9.17, 15) is 9.59 Å². The first-order chi connectivity index (χ1) is 10.0. The van der Waals surface area contributed by atoms with Gasteiger partial charge in [-0.3, -0.25) is 9.59 Å². The van der Waals surface area contributed by atoms with Gasteiger partial charge in [0.2, 0.25) is 0 Å². The van der Waals surface area contributed by atoms with E-state index in [1.807, 2.05) is 24.7 Å². The Labute approximate surface area is 121 Å². The minimum atomic E-state index is -0.311. The summed E-state index contributed by atoms with van der Waals surface area (Å²) in [5, 5.41) is 6.08. The van der Waals surface area contributed by atoms with Crippen LogP contribution >= 0.6 is 0 Å². The monoisotopic (exact) mass is 287 g/mol. The van der Waals surface area contributed by atoms with Crippen LogP contribution in [0.4, 0.5) is 0 Å². The summed E-state index contributed by atoms with van der Waals surface area (Å²) in [6.45, 7) is 3.27. The molecule has 0 unspecified atom stereocenters. The molecule has 1 saturated heterocycles. The molecule has 1 aliphatic rings. The van der Waals surface area contributed by atoms with Crippen LogP contribution in [0.2, 0.25) is 0 Å². The summed E-state index contributed by atoms with van der Waals surface area (Å²) >= 11 is 0. The van der Waals surface area contributed by atoms with Crippen molar-refractivity contribution >= 4 is 5.91 Å². The molecule has 7 nitrogen and oxygen atoms in total. The van der Waals surface area contributed by atoms with Crippen LogP contribution in [0.1, 0.15) is 34.3 Å². The van der Waals surface area contributed by atoms with Crippen LogP contribution in [0, 0.1) is 6.92 Å². The minimum absolute atomic E-state index is 0.153. The summed E-state index contributed by atoms with van der Waals surface area (Å²) in [7, 11) is 1.98. The van der Waals surface area contributed by atoms with Gasteiger partial charge in [0.05, 0.1) is 5.69 Å². The lowest BCUT2D eigenvalue weighted by Gasteiger charge is -2.15. The number of aryl methyl sites for hydroxylation is 2. The number of imidazole rings is 1. The van der Waals surface area contributed by atoms with Crippen molar-refractivity contribution in [2.75, 3.05) is 13.1 Å². The van der Waals surface area contributed by atoms with Crippen molar-refractivity contribution in [2.24, 2.45) is 7.05 Å². The van der Waals surface area contributed by atoms with Crippen LogP contribution in [0.3, 0.4) is 0 Å². The lowest BCUT2D eigenvalue weighted by Crippen LogP contribution is -2.30. The third-order valence-electron chi connectivity index (χ3n) is 3.77. The van der Waals surface area contributed by atoms with Crippen LogP contribution in [0.25, 0.3) is 0 Å². The van der Waals surface area contributed by atoms with Crippen LogP contribution in [-0.4, -0.2) is 43.6 Å². The predicted molar refractivity (Wildman–Crippen MR) is 76.1 cm³/mol. The number of likely N-dealkylation sites (tertiary alicyclic amines) is 1. The fraction of sp³-hybridized carbons (Fsp3) is 0.429. The van der Waals surface area contributed by atoms with E-state index in [0.717, 1.165) is 17.9 Å². The number of carbonyl (C=O) groups is 1. The van der Waals surface area contributed by atoms with E-state index < -0.39 is 0 Å². The zero-order valence-corrected chi connectivity index (χ0v) is 12.0. The molecule has 1 amide bonds. The molecule has 110 valence electrons. The number of hydrogen-bond donors (Lipinski definition) is 1. The largest absolute Gasteiger partial charge is 0.337 e. The average Bonchev–Trinajstić information content (AvgIpc) is 3.05. The Kier molecular flexibility index (Phi) is 3.32. The maximum atomic E-state index is 12.3. The van der Waals surface area contributed by atoms with Crippen molar-refractivity contribution < 1.29 is 4.79 Å². The second kappa shape index (κ2) is 5.16. The number of amides is 1. The van der Waals surface area contributed by atoms with Crippen molar-refractivity contribution in [3.05, 3.63) is 45.9 Å². The Hall–Kier alpha value is -2.44. The van der Waals surface area contributed by atoms with Gasteiger partial charge >= 0.3 is 0 Å². The molecule has 0 aliphatic carbocycles. The summed E-state index contributed by atoms with van der Waals surface area (Å²) in [6, 6.07) is 2.77. The van der Waals surface area contributed by atoms with E-state index in [1.54, 1.807) is 4.90 Å². The Morgan fingerprint density at radius 2 is 2.24 bits per heavy atom. The summed E-state index contributed by atoms with van der Waals surface area (Å²) in [5.41, 5.74) is 0.945. The molecule has 7 heteroatoms. The van der Waals surface area contributed by atoms with Crippen LogP contribution in [0.5, 0.6) is 0 Å². The third-order valence-corrected chi connectivity index (χ3v) is 3.77. The summed E-state index contributed by atoms with van der Waals surface area (Å²) in [6.07, 6.45) is 2.88. The first kappa shape index (κ1) is 13.5. The van der Waals surface area contributed by atoms with E-state index >= 15 is 0 Å². The van der Waals surface area contributed by atoms with Gasteiger partial charge in [-0.15, -0.1) is 0 Å². The van der Waals surface area contributed by atoms with Crippen LogP contribution in [-0.2, 0) is 7.05 Å². The van der Waals surface area contributed by atoms with Gasteiger partial charge in [-0.05, 0) is 19.4 Å². The van der Waals surface area contributed by atoms with E-state index in [-0.39, 0.29) is 23.1 Å². The molecular weight excluding hydrogens is 270 g/mol. The van der Waals surface area contributed by atoms with E-state index in [4.69, 9.17) is 0 Å². The summed E-state index contributed by atoms with van der Waals surface area (Å²) in [5.74, 6) is 1.10. The molecule has 0 radical (unpaired) electrons. The molecule has 3 rings (SSSR count). The van der Waals surface area contributed by atoms with Gasteiger partial charge in [0.1, 0.15) is 11.5 Å². The zero-order chi connectivity index (χ0) is 15.0. The number of rotatable bonds is 2. The number of nitrogens with one attached hydrogen (secondary N) is 1. The molecule has 21 heavy (non-hydrogen) atoms. The normalized spacial score (nSPS) is 18.2. The van der Waals surface area contributed by atoms with Gasteiger partial charge in [-0.1, -0.05) is 0 Å². The molecule has 1 fully saturated rings. The molecule has 2 aromatic heterocycles. The quantitative estimate of drug-likeness (QED) is 0.868. The first-order valence-corrected chi connectivity index (χ1v) is 6.89. The smallest absolute Gasteiger partial charge is 0.274 e. The van der Waals surface area contributed by atoms with Crippen molar-refractivity contribution in [3.63, 3.8) is 0 Å². The molecule has 0 bridgehead atoms. The molecule has 0 saturated carbocycles. The Morgan fingerprint density at radius 1 is 1.43 bits per heavy atom. The molecule has 3 heterocycles. The number of aromatic amines is 1. The summed E-state index contributed by atoms with van der Waals surface area (Å²) in [4.78, 5) is 29.6. The van der Waals surface area contributed by atoms with Crippen LogP contribution in [0.15, 0.2) is 23.1 Å². The van der Waals surface area contributed by atoms with Crippen molar-refractivity contribution in [1.29, 1.82) is 0 Å². The van der Waals surface area contributed by atoms with Crippen LogP contribution < -0.4 is 5.56 Å². The predicted octanol–water partition coefficient (Wildman–Crippen LogP) is 0.442. The fourth-order valence-electron chi connectivity index (χ4n) is 2.80. The van der Waals surface area contributed by atoms with E-state index in [2.05, 4.69) is 15.2 Å².